The van der Waals surface area contributed by atoms with Gasteiger partial charge in [0.15, 0.2) is 0 Å². The van der Waals surface area contributed by atoms with Crippen molar-refractivity contribution in [1.82, 2.24) is 10.2 Å². The Hall–Kier alpha value is -2.82. The van der Waals surface area contributed by atoms with Crippen molar-refractivity contribution < 1.29 is 14.6 Å². The largest absolute Gasteiger partial charge is 0.497 e. The number of hydrogen-bond donors (Lipinski definition) is 2. The lowest BCUT2D eigenvalue weighted by Crippen LogP contribution is -1.94. The first kappa shape index (κ1) is 12.2. The van der Waals surface area contributed by atoms with E-state index in [0.717, 1.165) is 22.4 Å². The molecule has 0 fully saturated rings. The Labute approximate surface area is 114 Å². The van der Waals surface area contributed by atoms with Gasteiger partial charge in [0.05, 0.1) is 18.2 Å². The molecule has 3 rings (SSSR count). The second kappa shape index (κ2) is 4.70. The molecule has 0 atom stereocenters. The third kappa shape index (κ3) is 1.99. The molecule has 0 amide bonds. The lowest BCUT2D eigenvalue weighted by molar-refractivity contribution is 0.0697. The monoisotopic (exact) mass is 268 g/mol. The van der Waals surface area contributed by atoms with E-state index in [2.05, 4.69) is 10.2 Å². The van der Waals surface area contributed by atoms with Crippen molar-refractivity contribution >= 4 is 16.9 Å². The lowest BCUT2D eigenvalue weighted by Gasteiger charge is -2.02. The van der Waals surface area contributed by atoms with Crippen LogP contribution in [0, 0.1) is 0 Å². The molecule has 5 heteroatoms. The summed E-state index contributed by atoms with van der Waals surface area (Å²) < 4.78 is 5.20. The smallest absolute Gasteiger partial charge is 0.335 e. The average molecular weight is 268 g/mol. The maximum Gasteiger partial charge on any atom is 0.335 e. The number of nitrogens with zero attached hydrogens (tertiary/aromatic N) is 1. The van der Waals surface area contributed by atoms with Gasteiger partial charge in [-0.05, 0) is 30.3 Å². The highest BCUT2D eigenvalue weighted by Crippen LogP contribution is 2.29. The summed E-state index contributed by atoms with van der Waals surface area (Å²) in [5.41, 5.74) is 2.62. The zero-order chi connectivity index (χ0) is 14.1. The van der Waals surface area contributed by atoms with E-state index in [1.165, 1.54) is 0 Å². The fourth-order valence-corrected chi connectivity index (χ4v) is 2.14. The predicted molar refractivity (Wildman–Crippen MR) is 75.0 cm³/mol. The molecular formula is C15H12N2O3. The quantitative estimate of drug-likeness (QED) is 0.765. The third-order valence-corrected chi connectivity index (χ3v) is 3.15. The van der Waals surface area contributed by atoms with Gasteiger partial charge in [0.1, 0.15) is 11.4 Å². The minimum absolute atomic E-state index is 0.235. The average Bonchev–Trinajstić information content (AvgIpc) is 2.90. The summed E-state index contributed by atoms with van der Waals surface area (Å²) in [6.07, 6.45) is 0. The van der Waals surface area contributed by atoms with E-state index < -0.39 is 5.97 Å². The summed E-state index contributed by atoms with van der Waals surface area (Å²) >= 11 is 0. The molecule has 0 aliphatic rings. The Balaban J connectivity index is 2.14. The maximum absolute atomic E-state index is 11.0. The standard InChI is InChI=1S/C15H12N2O3/c1-20-11-4-2-3-9(7-11)14-12-6-5-10(15(18)19)8-13(12)16-17-14/h2-8H,1H3,(H,16,17)(H,18,19). The Kier molecular flexibility index (Phi) is 2.87. The van der Waals surface area contributed by atoms with Crippen LogP contribution < -0.4 is 4.74 Å². The van der Waals surface area contributed by atoms with Crippen LogP contribution in [-0.2, 0) is 0 Å². The van der Waals surface area contributed by atoms with E-state index in [1.54, 1.807) is 25.3 Å². The first-order chi connectivity index (χ1) is 9.69. The predicted octanol–water partition coefficient (Wildman–Crippen LogP) is 2.94. The summed E-state index contributed by atoms with van der Waals surface area (Å²) in [5, 5.41) is 17.0. The Morgan fingerprint density at radius 2 is 2.10 bits per heavy atom. The summed E-state index contributed by atoms with van der Waals surface area (Å²) in [5.74, 6) is -0.203. The highest BCUT2D eigenvalue weighted by molar-refractivity contribution is 5.98. The van der Waals surface area contributed by atoms with Crippen molar-refractivity contribution in [3.8, 4) is 17.0 Å². The number of aromatic nitrogens is 2. The van der Waals surface area contributed by atoms with E-state index in [0.29, 0.717) is 5.52 Å². The number of methoxy groups -OCH3 is 1. The van der Waals surface area contributed by atoms with E-state index in [-0.39, 0.29) is 5.56 Å². The van der Waals surface area contributed by atoms with Gasteiger partial charge in [-0.25, -0.2) is 4.79 Å². The molecule has 2 aromatic carbocycles. The van der Waals surface area contributed by atoms with Gasteiger partial charge in [0.2, 0.25) is 0 Å². The fourth-order valence-electron chi connectivity index (χ4n) is 2.14. The number of aromatic carboxylic acids is 1. The van der Waals surface area contributed by atoms with Gasteiger partial charge in [-0.3, -0.25) is 5.10 Å². The highest BCUT2D eigenvalue weighted by atomic mass is 16.5. The van der Waals surface area contributed by atoms with Crippen LogP contribution in [-0.4, -0.2) is 28.4 Å². The normalized spacial score (nSPS) is 10.7. The van der Waals surface area contributed by atoms with E-state index in [4.69, 9.17) is 9.84 Å². The van der Waals surface area contributed by atoms with Crippen molar-refractivity contribution in [3.63, 3.8) is 0 Å². The molecule has 1 aromatic heterocycles. The number of hydrogen-bond acceptors (Lipinski definition) is 3. The molecule has 0 saturated carbocycles. The number of carboxylic acids is 1. The summed E-state index contributed by atoms with van der Waals surface area (Å²) in [4.78, 5) is 11.0. The minimum atomic E-state index is -0.954. The van der Waals surface area contributed by atoms with Crippen LogP contribution in [0.4, 0.5) is 0 Å². The molecule has 0 spiro atoms. The van der Waals surface area contributed by atoms with Gasteiger partial charge in [0.25, 0.3) is 0 Å². The van der Waals surface area contributed by atoms with Gasteiger partial charge in [-0.15, -0.1) is 0 Å². The van der Waals surface area contributed by atoms with E-state index >= 15 is 0 Å². The van der Waals surface area contributed by atoms with Gasteiger partial charge in [-0.2, -0.15) is 5.10 Å². The van der Waals surface area contributed by atoms with Gasteiger partial charge >= 0.3 is 5.97 Å². The Bertz CT molecular complexity index is 793. The van der Waals surface area contributed by atoms with Crippen molar-refractivity contribution in [3.05, 3.63) is 48.0 Å². The number of fused-ring (bicyclic) bond motifs is 1. The van der Waals surface area contributed by atoms with Crippen LogP contribution in [0.2, 0.25) is 0 Å². The van der Waals surface area contributed by atoms with Crippen molar-refractivity contribution in [2.24, 2.45) is 0 Å². The van der Waals surface area contributed by atoms with Crippen LogP contribution in [0.5, 0.6) is 5.75 Å². The van der Waals surface area contributed by atoms with Crippen LogP contribution in [0.3, 0.4) is 0 Å². The second-order valence-corrected chi connectivity index (χ2v) is 4.37. The minimum Gasteiger partial charge on any atom is -0.497 e. The van der Waals surface area contributed by atoms with Crippen LogP contribution in [0.25, 0.3) is 22.2 Å². The van der Waals surface area contributed by atoms with Gasteiger partial charge in [0, 0.05) is 10.9 Å². The van der Waals surface area contributed by atoms with Crippen molar-refractivity contribution in [2.75, 3.05) is 7.11 Å². The number of rotatable bonds is 3. The SMILES string of the molecule is COc1cccc(-c2n[nH]c3cc(C(=O)O)ccc23)c1. The topological polar surface area (TPSA) is 75.2 Å². The molecule has 0 aliphatic carbocycles. The lowest BCUT2D eigenvalue weighted by atomic mass is 10.1. The molecule has 0 radical (unpaired) electrons. The molecule has 3 aromatic rings. The number of benzene rings is 2. The van der Waals surface area contributed by atoms with E-state index in [9.17, 15) is 4.79 Å². The van der Waals surface area contributed by atoms with Gasteiger partial charge < -0.3 is 9.84 Å². The number of carboxylic acid groups (broad SMARTS) is 1. The van der Waals surface area contributed by atoms with Crippen LogP contribution in [0.15, 0.2) is 42.5 Å². The molecule has 20 heavy (non-hydrogen) atoms. The Morgan fingerprint density at radius 1 is 1.25 bits per heavy atom. The molecule has 0 unspecified atom stereocenters. The van der Waals surface area contributed by atoms with Crippen LogP contribution in [0.1, 0.15) is 10.4 Å². The van der Waals surface area contributed by atoms with Gasteiger partial charge in [-0.1, -0.05) is 12.1 Å². The summed E-state index contributed by atoms with van der Waals surface area (Å²) in [6, 6.07) is 12.5. The molecule has 100 valence electrons. The molecule has 0 aliphatic heterocycles. The number of nitrogens with one attached hydrogen (secondary N) is 1. The van der Waals surface area contributed by atoms with Crippen LogP contribution >= 0.6 is 0 Å². The maximum atomic E-state index is 11.0. The molecule has 1 heterocycles. The summed E-state index contributed by atoms with van der Waals surface area (Å²) in [7, 11) is 1.61. The van der Waals surface area contributed by atoms with Crippen molar-refractivity contribution in [1.29, 1.82) is 0 Å². The number of aromatic amines is 1. The number of H-pyrrole nitrogens is 1. The number of ether oxygens (including phenoxy) is 1. The highest BCUT2D eigenvalue weighted by Gasteiger charge is 2.11. The molecule has 0 saturated heterocycles. The first-order valence-corrected chi connectivity index (χ1v) is 6.05. The molecule has 0 bridgehead atoms. The first-order valence-electron chi connectivity index (χ1n) is 6.05. The molecular weight excluding hydrogens is 256 g/mol. The zero-order valence-corrected chi connectivity index (χ0v) is 10.8. The number of carbonyl (C=O) groups is 1. The van der Waals surface area contributed by atoms with Crippen molar-refractivity contribution in [2.45, 2.75) is 0 Å². The fraction of sp³-hybridized carbons (Fsp3) is 0.0667. The third-order valence-electron chi connectivity index (χ3n) is 3.15. The zero-order valence-electron chi connectivity index (χ0n) is 10.8. The molecule has 5 nitrogen and oxygen atoms in total. The summed E-state index contributed by atoms with van der Waals surface area (Å²) in [6.45, 7) is 0. The van der Waals surface area contributed by atoms with E-state index in [1.807, 2.05) is 24.3 Å². The molecule has 2 N–H and O–H groups in total. The second-order valence-electron chi connectivity index (χ2n) is 4.37. The Morgan fingerprint density at radius 3 is 2.85 bits per heavy atom.